The van der Waals surface area contributed by atoms with Crippen molar-refractivity contribution in [2.45, 2.75) is 20.3 Å². The van der Waals surface area contributed by atoms with Crippen molar-refractivity contribution in [2.75, 3.05) is 51.4 Å². The van der Waals surface area contributed by atoms with Gasteiger partial charge in [-0.05, 0) is 50.6 Å². The number of aryl methyl sites for hydroxylation is 1. The van der Waals surface area contributed by atoms with Gasteiger partial charge < -0.3 is 19.5 Å². The SMILES string of the molecule is CCOc1ccc2nc(-c3cccc(OCCCN4CCOCC4)c3)nc(Nc3cn[nH]c3C)c2c1. The van der Waals surface area contributed by atoms with E-state index in [1.54, 1.807) is 6.20 Å². The Morgan fingerprint density at radius 1 is 1.06 bits per heavy atom. The van der Waals surface area contributed by atoms with Crippen LogP contribution in [0.2, 0.25) is 0 Å². The molecule has 3 heterocycles. The number of hydrogen-bond acceptors (Lipinski definition) is 8. The highest BCUT2D eigenvalue weighted by atomic mass is 16.5. The van der Waals surface area contributed by atoms with Crippen LogP contribution >= 0.6 is 0 Å². The Balaban J connectivity index is 1.37. The number of aromatic nitrogens is 4. The molecule has 4 aromatic rings. The van der Waals surface area contributed by atoms with Gasteiger partial charge in [0, 0.05) is 30.6 Å². The molecule has 9 heteroatoms. The molecule has 36 heavy (non-hydrogen) atoms. The minimum atomic E-state index is 0.591. The van der Waals surface area contributed by atoms with E-state index in [9.17, 15) is 0 Å². The Bertz CT molecular complexity index is 1300. The molecule has 5 rings (SSSR count). The zero-order valence-corrected chi connectivity index (χ0v) is 20.8. The van der Waals surface area contributed by atoms with Gasteiger partial charge in [-0.15, -0.1) is 0 Å². The maximum absolute atomic E-state index is 6.06. The third-order valence-corrected chi connectivity index (χ3v) is 6.14. The summed E-state index contributed by atoms with van der Waals surface area (Å²) in [6.07, 6.45) is 2.72. The molecule has 2 aromatic carbocycles. The van der Waals surface area contributed by atoms with Crippen molar-refractivity contribution in [1.29, 1.82) is 0 Å². The maximum atomic E-state index is 6.06. The van der Waals surface area contributed by atoms with Crippen molar-refractivity contribution in [2.24, 2.45) is 0 Å². The van der Waals surface area contributed by atoms with Gasteiger partial charge in [0.2, 0.25) is 0 Å². The minimum absolute atomic E-state index is 0.591. The maximum Gasteiger partial charge on any atom is 0.162 e. The van der Waals surface area contributed by atoms with Crippen LogP contribution in [0, 0.1) is 6.92 Å². The molecule has 1 fully saturated rings. The van der Waals surface area contributed by atoms with Gasteiger partial charge in [0.05, 0.1) is 49.5 Å². The van der Waals surface area contributed by atoms with Crippen LogP contribution in [-0.4, -0.2) is 71.1 Å². The Morgan fingerprint density at radius 2 is 1.92 bits per heavy atom. The lowest BCUT2D eigenvalue weighted by Gasteiger charge is -2.26. The fourth-order valence-corrected chi connectivity index (χ4v) is 4.22. The number of rotatable bonds is 10. The predicted molar refractivity (Wildman–Crippen MR) is 140 cm³/mol. The van der Waals surface area contributed by atoms with Crippen LogP contribution in [0.15, 0.2) is 48.7 Å². The lowest BCUT2D eigenvalue weighted by Crippen LogP contribution is -2.37. The fraction of sp³-hybridized carbons (Fsp3) is 0.370. The number of nitrogens with zero attached hydrogens (tertiary/aromatic N) is 4. The first-order valence-electron chi connectivity index (χ1n) is 12.4. The molecule has 188 valence electrons. The van der Waals surface area contributed by atoms with Gasteiger partial charge in [-0.1, -0.05) is 12.1 Å². The van der Waals surface area contributed by atoms with Gasteiger partial charge in [-0.25, -0.2) is 9.97 Å². The van der Waals surface area contributed by atoms with Crippen molar-refractivity contribution < 1.29 is 14.2 Å². The van der Waals surface area contributed by atoms with Crippen LogP contribution < -0.4 is 14.8 Å². The summed E-state index contributed by atoms with van der Waals surface area (Å²) in [6, 6.07) is 13.8. The third kappa shape index (κ3) is 5.75. The molecule has 0 bridgehead atoms. The molecular formula is C27H32N6O3. The summed E-state index contributed by atoms with van der Waals surface area (Å²) in [6.45, 7) is 9.82. The van der Waals surface area contributed by atoms with Crippen LogP contribution in [-0.2, 0) is 4.74 Å². The van der Waals surface area contributed by atoms with E-state index in [0.29, 0.717) is 24.9 Å². The molecule has 0 unspecified atom stereocenters. The monoisotopic (exact) mass is 488 g/mol. The summed E-state index contributed by atoms with van der Waals surface area (Å²) in [5.41, 5.74) is 3.50. The van der Waals surface area contributed by atoms with Gasteiger partial charge in [0.1, 0.15) is 17.3 Å². The molecule has 0 spiro atoms. The van der Waals surface area contributed by atoms with Crippen LogP contribution in [0.4, 0.5) is 11.5 Å². The molecule has 0 radical (unpaired) electrons. The highest BCUT2D eigenvalue weighted by Crippen LogP contribution is 2.31. The zero-order chi connectivity index (χ0) is 24.7. The van der Waals surface area contributed by atoms with E-state index in [2.05, 4.69) is 20.4 Å². The van der Waals surface area contributed by atoms with Crippen LogP contribution in [0.5, 0.6) is 11.5 Å². The number of morpholine rings is 1. The first-order chi connectivity index (χ1) is 17.7. The van der Waals surface area contributed by atoms with Crippen molar-refractivity contribution >= 4 is 22.4 Å². The summed E-state index contributed by atoms with van der Waals surface area (Å²) in [4.78, 5) is 12.2. The number of nitrogens with one attached hydrogen (secondary N) is 2. The van der Waals surface area contributed by atoms with Crippen molar-refractivity contribution in [3.8, 4) is 22.9 Å². The van der Waals surface area contributed by atoms with E-state index >= 15 is 0 Å². The standard InChI is InChI=1S/C27H32N6O3/c1-3-35-22-8-9-24-23(17-22)27(30-25-18-28-32-19(25)2)31-26(29-24)20-6-4-7-21(16-20)36-13-5-10-33-11-14-34-15-12-33/h4,6-9,16-18H,3,5,10-15H2,1-2H3,(H,28,32)(H,29,30,31). The predicted octanol–water partition coefficient (Wildman–Crippen LogP) is 4.57. The second-order valence-electron chi connectivity index (χ2n) is 8.73. The van der Waals surface area contributed by atoms with E-state index in [1.807, 2.05) is 56.3 Å². The number of hydrogen-bond donors (Lipinski definition) is 2. The molecule has 9 nitrogen and oxygen atoms in total. The van der Waals surface area contributed by atoms with Crippen LogP contribution in [0.25, 0.3) is 22.3 Å². The number of H-pyrrole nitrogens is 1. The molecule has 0 atom stereocenters. The molecule has 0 saturated carbocycles. The average molecular weight is 489 g/mol. The van der Waals surface area contributed by atoms with E-state index in [-0.39, 0.29) is 0 Å². The summed E-state index contributed by atoms with van der Waals surface area (Å²) in [7, 11) is 0. The Hall–Kier alpha value is -3.69. The number of benzene rings is 2. The van der Waals surface area contributed by atoms with Crippen LogP contribution in [0.1, 0.15) is 19.0 Å². The van der Waals surface area contributed by atoms with Gasteiger partial charge in [-0.3, -0.25) is 10.00 Å². The van der Waals surface area contributed by atoms with Crippen LogP contribution in [0.3, 0.4) is 0 Å². The summed E-state index contributed by atoms with van der Waals surface area (Å²) < 4.78 is 17.2. The summed E-state index contributed by atoms with van der Waals surface area (Å²) in [5, 5.41) is 11.4. The fourth-order valence-electron chi connectivity index (χ4n) is 4.22. The summed E-state index contributed by atoms with van der Waals surface area (Å²) in [5.74, 6) is 2.90. The molecule has 2 aromatic heterocycles. The van der Waals surface area contributed by atoms with Gasteiger partial charge in [0.25, 0.3) is 0 Å². The molecule has 1 saturated heterocycles. The molecular weight excluding hydrogens is 456 g/mol. The number of ether oxygens (including phenoxy) is 3. The lowest BCUT2D eigenvalue weighted by molar-refractivity contribution is 0.0358. The second-order valence-corrected chi connectivity index (χ2v) is 8.73. The highest BCUT2D eigenvalue weighted by molar-refractivity contribution is 5.93. The molecule has 1 aliphatic heterocycles. The van der Waals surface area contributed by atoms with E-state index in [0.717, 1.165) is 78.6 Å². The highest BCUT2D eigenvalue weighted by Gasteiger charge is 2.14. The van der Waals surface area contributed by atoms with Crippen molar-refractivity contribution in [1.82, 2.24) is 25.1 Å². The quantitative estimate of drug-likeness (QED) is 0.313. The Kier molecular flexibility index (Phi) is 7.58. The molecule has 1 aliphatic rings. The Labute approximate surface area is 210 Å². The second kappa shape index (κ2) is 11.4. The topological polar surface area (TPSA) is 97.4 Å². The average Bonchev–Trinajstić information content (AvgIpc) is 3.32. The zero-order valence-electron chi connectivity index (χ0n) is 20.8. The largest absolute Gasteiger partial charge is 0.494 e. The lowest BCUT2D eigenvalue weighted by atomic mass is 10.1. The van der Waals surface area contributed by atoms with E-state index < -0.39 is 0 Å². The van der Waals surface area contributed by atoms with Gasteiger partial charge in [-0.2, -0.15) is 5.10 Å². The number of fused-ring (bicyclic) bond motifs is 1. The smallest absolute Gasteiger partial charge is 0.162 e. The molecule has 0 aliphatic carbocycles. The van der Waals surface area contributed by atoms with Gasteiger partial charge >= 0.3 is 0 Å². The number of aromatic amines is 1. The first kappa shape index (κ1) is 24.0. The minimum Gasteiger partial charge on any atom is -0.494 e. The molecule has 2 N–H and O–H groups in total. The molecule has 0 amide bonds. The van der Waals surface area contributed by atoms with Gasteiger partial charge in [0.15, 0.2) is 5.82 Å². The number of anilines is 2. The van der Waals surface area contributed by atoms with E-state index in [4.69, 9.17) is 24.2 Å². The van der Waals surface area contributed by atoms with E-state index in [1.165, 1.54) is 0 Å². The normalized spacial score (nSPS) is 14.2. The first-order valence-corrected chi connectivity index (χ1v) is 12.4. The Morgan fingerprint density at radius 3 is 2.72 bits per heavy atom. The van der Waals surface area contributed by atoms with Crippen molar-refractivity contribution in [3.05, 3.63) is 54.4 Å². The third-order valence-electron chi connectivity index (χ3n) is 6.14. The van der Waals surface area contributed by atoms with Crippen molar-refractivity contribution in [3.63, 3.8) is 0 Å². The summed E-state index contributed by atoms with van der Waals surface area (Å²) >= 11 is 0.